The van der Waals surface area contributed by atoms with Gasteiger partial charge in [0, 0.05) is 23.5 Å². The predicted molar refractivity (Wildman–Crippen MR) is 141 cm³/mol. The van der Waals surface area contributed by atoms with Crippen LogP contribution in [0.2, 0.25) is 0 Å². The lowest BCUT2D eigenvalue weighted by Gasteiger charge is -2.30. The van der Waals surface area contributed by atoms with Crippen LogP contribution >= 0.6 is 11.3 Å². The van der Waals surface area contributed by atoms with Crippen LogP contribution in [-0.4, -0.2) is 85.4 Å². The van der Waals surface area contributed by atoms with Gasteiger partial charge < -0.3 is 30.6 Å². The number of thiazole rings is 1. The quantitative estimate of drug-likeness (QED) is 0.256. The minimum absolute atomic E-state index is 0.0146. The number of nitrogens with one attached hydrogen (secondary N) is 1. The van der Waals surface area contributed by atoms with Crippen molar-refractivity contribution in [2.24, 2.45) is 0 Å². The van der Waals surface area contributed by atoms with E-state index in [-0.39, 0.29) is 24.2 Å². The van der Waals surface area contributed by atoms with Gasteiger partial charge in [-0.15, -0.1) is 11.3 Å². The third kappa shape index (κ3) is 10.7. The van der Waals surface area contributed by atoms with Gasteiger partial charge in [-0.25, -0.2) is 14.2 Å². The SMILES string of the molecule is CCC(CN1CCCCC1)NC(=O)Cc1csc(-c2ccccc2F)n1.O=C(O)CC(O)(CC(=O)O)C(=O)O. The number of carbonyl (C=O) groups is 4. The van der Waals surface area contributed by atoms with Gasteiger partial charge in [-0.3, -0.25) is 14.4 Å². The number of aliphatic hydroxyl groups is 1. The lowest BCUT2D eigenvalue weighted by molar-refractivity contribution is -0.170. The third-order valence-corrected chi connectivity index (χ3v) is 6.99. The van der Waals surface area contributed by atoms with Crippen molar-refractivity contribution >= 4 is 35.2 Å². The first-order valence-corrected chi connectivity index (χ1v) is 13.4. The van der Waals surface area contributed by atoms with Crippen LogP contribution in [0, 0.1) is 5.82 Å². The van der Waals surface area contributed by atoms with Crippen LogP contribution < -0.4 is 5.32 Å². The van der Waals surface area contributed by atoms with Crippen molar-refractivity contribution in [1.29, 1.82) is 0 Å². The summed E-state index contributed by atoms with van der Waals surface area (Å²) < 4.78 is 13.9. The Bertz CT molecular complexity index is 1120. The fraction of sp³-hybridized carbons (Fsp3) is 0.500. The number of carboxylic acid groups (broad SMARTS) is 3. The minimum Gasteiger partial charge on any atom is -0.481 e. The van der Waals surface area contributed by atoms with E-state index < -0.39 is 36.4 Å². The topological polar surface area (TPSA) is 177 Å². The second-order valence-corrected chi connectivity index (χ2v) is 10.2. The normalized spacial score (nSPS) is 14.5. The first-order chi connectivity index (χ1) is 18.4. The van der Waals surface area contributed by atoms with Crippen molar-refractivity contribution in [3.8, 4) is 10.6 Å². The molecule has 0 saturated carbocycles. The molecule has 1 fully saturated rings. The zero-order valence-corrected chi connectivity index (χ0v) is 22.5. The number of aromatic nitrogens is 1. The van der Waals surface area contributed by atoms with Gasteiger partial charge in [0.15, 0.2) is 5.60 Å². The van der Waals surface area contributed by atoms with Gasteiger partial charge >= 0.3 is 17.9 Å². The highest BCUT2D eigenvalue weighted by atomic mass is 32.1. The van der Waals surface area contributed by atoms with Gasteiger partial charge in [0.25, 0.3) is 0 Å². The van der Waals surface area contributed by atoms with E-state index in [0.29, 0.717) is 16.3 Å². The summed E-state index contributed by atoms with van der Waals surface area (Å²) in [5.41, 5.74) is -1.56. The summed E-state index contributed by atoms with van der Waals surface area (Å²) in [5.74, 6) is -5.32. The number of hydrogen-bond donors (Lipinski definition) is 5. The monoisotopic (exact) mass is 567 g/mol. The lowest BCUT2D eigenvalue weighted by atomic mass is 9.96. The van der Waals surface area contributed by atoms with Crippen LogP contribution in [0.15, 0.2) is 29.6 Å². The first kappa shape index (κ1) is 31.8. The molecule has 5 N–H and O–H groups in total. The second kappa shape index (κ2) is 15.2. The van der Waals surface area contributed by atoms with Gasteiger partial charge in [-0.2, -0.15) is 0 Å². The van der Waals surface area contributed by atoms with Crippen molar-refractivity contribution < 1.29 is 44.0 Å². The molecule has 1 aromatic carbocycles. The number of carbonyl (C=O) groups excluding carboxylic acids is 1. The van der Waals surface area contributed by atoms with Crippen LogP contribution in [0.3, 0.4) is 0 Å². The molecule has 1 amide bonds. The van der Waals surface area contributed by atoms with Gasteiger partial charge in [-0.05, 0) is 44.5 Å². The van der Waals surface area contributed by atoms with Crippen LogP contribution in [0.4, 0.5) is 4.39 Å². The van der Waals surface area contributed by atoms with Gasteiger partial charge in [0.05, 0.1) is 25.0 Å². The number of amides is 1. The zero-order valence-electron chi connectivity index (χ0n) is 21.6. The summed E-state index contributed by atoms with van der Waals surface area (Å²) in [4.78, 5) is 49.8. The number of rotatable bonds is 12. The largest absolute Gasteiger partial charge is 0.481 e. The number of benzene rings is 1. The lowest BCUT2D eigenvalue weighted by Crippen LogP contribution is -2.45. The van der Waals surface area contributed by atoms with Crippen LogP contribution in [0.1, 0.15) is 51.1 Å². The average Bonchev–Trinajstić information content (AvgIpc) is 3.31. The Morgan fingerprint density at radius 1 is 1.08 bits per heavy atom. The third-order valence-electron chi connectivity index (χ3n) is 6.07. The molecule has 1 atom stereocenters. The predicted octanol–water partition coefficient (Wildman–Crippen LogP) is 2.62. The van der Waals surface area contributed by atoms with Crippen molar-refractivity contribution in [2.75, 3.05) is 19.6 Å². The standard InChI is InChI=1S/C20H26FN3OS.C6H8O7/c1-2-15(13-24-10-6-3-7-11-24)22-19(25)12-16-14-26-20(23-16)17-8-4-5-9-18(17)21;7-3(8)1-6(13,5(11)12)2-4(9)10/h4-5,8-9,14-15H,2-3,6-7,10-13H2,1H3,(H,22,25);13H,1-2H2,(H,7,8)(H,9,10)(H,11,12). The molecule has 214 valence electrons. The van der Waals surface area contributed by atoms with E-state index in [0.717, 1.165) is 26.1 Å². The summed E-state index contributed by atoms with van der Waals surface area (Å²) in [6, 6.07) is 6.76. The van der Waals surface area contributed by atoms with E-state index in [1.807, 2.05) is 5.38 Å². The smallest absolute Gasteiger partial charge is 0.336 e. The molecule has 2 aromatic rings. The number of nitrogens with zero attached hydrogens (tertiary/aromatic N) is 2. The Morgan fingerprint density at radius 3 is 2.23 bits per heavy atom. The number of hydrogen-bond acceptors (Lipinski definition) is 8. The van der Waals surface area contributed by atoms with E-state index in [9.17, 15) is 23.6 Å². The maximum atomic E-state index is 13.9. The van der Waals surface area contributed by atoms with Crippen LogP contribution in [0.5, 0.6) is 0 Å². The van der Waals surface area contributed by atoms with Crippen LogP contribution in [-0.2, 0) is 25.6 Å². The maximum Gasteiger partial charge on any atom is 0.336 e. The van der Waals surface area contributed by atoms with E-state index in [4.69, 9.17) is 20.4 Å². The molecule has 0 radical (unpaired) electrons. The molecule has 1 aliphatic rings. The fourth-order valence-electron chi connectivity index (χ4n) is 4.03. The maximum absolute atomic E-state index is 13.9. The number of aliphatic carboxylic acids is 3. The molecule has 39 heavy (non-hydrogen) atoms. The summed E-state index contributed by atoms with van der Waals surface area (Å²) >= 11 is 1.37. The molecular weight excluding hydrogens is 533 g/mol. The Hall–Kier alpha value is -3.42. The van der Waals surface area contributed by atoms with Gasteiger partial charge in [0.1, 0.15) is 10.8 Å². The number of halogens is 1. The van der Waals surface area contributed by atoms with Gasteiger partial charge in [-0.1, -0.05) is 25.5 Å². The molecule has 3 rings (SSSR count). The molecule has 0 bridgehead atoms. The zero-order chi connectivity index (χ0) is 29.0. The summed E-state index contributed by atoms with van der Waals surface area (Å²) in [6.45, 7) is 5.28. The van der Waals surface area contributed by atoms with Crippen molar-refractivity contribution in [3.05, 3.63) is 41.2 Å². The van der Waals surface area contributed by atoms with E-state index in [2.05, 4.69) is 22.1 Å². The second-order valence-electron chi connectivity index (χ2n) is 9.31. The highest BCUT2D eigenvalue weighted by Gasteiger charge is 2.40. The molecule has 1 aromatic heterocycles. The molecule has 0 aliphatic carbocycles. The fourth-order valence-corrected chi connectivity index (χ4v) is 4.88. The molecule has 1 saturated heterocycles. The van der Waals surface area contributed by atoms with E-state index >= 15 is 0 Å². The van der Waals surface area contributed by atoms with E-state index in [1.54, 1.807) is 18.2 Å². The van der Waals surface area contributed by atoms with Crippen molar-refractivity contribution in [1.82, 2.24) is 15.2 Å². The molecule has 1 aliphatic heterocycles. The minimum atomic E-state index is -2.74. The summed E-state index contributed by atoms with van der Waals surface area (Å²) in [5, 5.41) is 39.4. The highest BCUT2D eigenvalue weighted by Crippen LogP contribution is 2.26. The average molecular weight is 568 g/mol. The number of piperidine rings is 1. The Morgan fingerprint density at radius 2 is 1.69 bits per heavy atom. The molecular formula is C26H34FN3O8S. The molecule has 13 heteroatoms. The van der Waals surface area contributed by atoms with Crippen molar-refractivity contribution in [2.45, 2.75) is 63.5 Å². The molecule has 2 heterocycles. The molecule has 1 unspecified atom stereocenters. The van der Waals surface area contributed by atoms with Crippen LogP contribution in [0.25, 0.3) is 10.6 Å². The summed E-state index contributed by atoms with van der Waals surface area (Å²) in [6.07, 6.45) is 2.68. The Balaban J connectivity index is 0.000000349. The van der Waals surface area contributed by atoms with E-state index in [1.165, 1.54) is 36.7 Å². The van der Waals surface area contributed by atoms with Crippen molar-refractivity contribution in [3.63, 3.8) is 0 Å². The Labute approximate surface area is 229 Å². The molecule has 0 spiro atoms. The molecule has 11 nitrogen and oxygen atoms in total. The number of likely N-dealkylation sites (tertiary alicyclic amines) is 1. The first-order valence-electron chi connectivity index (χ1n) is 12.5. The Kier molecular flexibility index (Phi) is 12.4. The summed E-state index contributed by atoms with van der Waals surface area (Å²) in [7, 11) is 0. The highest BCUT2D eigenvalue weighted by molar-refractivity contribution is 7.13. The van der Waals surface area contributed by atoms with Gasteiger partial charge in [0.2, 0.25) is 5.91 Å². The number of carboxylic acids is 3.